The van der Waals surface area contributed by atoms with Crippen LogP contribution in [0.25, 0.3) is 0 Å². The summed E-state index contributed by atoms with van der Waals surface area (Å²) in [5.41, 5.74) is 0.878. The number of carbonyl (C=O) groups is 1. The Morgan fingerprint density at radius 1 is 1.47 bits per heavy atom. The minimum atomic E-state index is -0.243. The Labute approximate surface area is 122 Å². The van der Waals surface area contributed by atoms with Gasteiger partial charge in [-0.3, -0.25) is 0 Å². The standard InChI is InChI=1S/C13H19ClN2O2S/c1-19-9-11(6-7-17)16-13(18)15-8-10-4-2-3-5-12(10)14/h2-5,11,17H,6-9H2,1H3,(H2,15,16,18)/t11-/m0/s1. The third kappa shape index (κ3) is 6.18. The fourth-order valence-corrected chi connectivity index (χ4v) is 2.46. The van der Waals surface area contributed by atoms with Crippen molar-refractivity contribution in [1.29, 1.82) is 0 Å². The van der Waals surface area contributed by atoms with E-state index in [0.717, 1.165) is 11.3 Å². The average molecular weight is 303 g/mol. The number of thioether (sulfide) groups is 1. The van der Waals surface area contributed by atoms with Gasteiger partial charge in [-0.25, -0.2) is 4.79 Å². The van der Waals surface area contributed by atoms with Gasteiger partial charge in [-0.05, 0) is 24.3 Å². The Balaban J connectivity index is 2.40. The molecule has 1 atom stereocenters. The number of hydrogen-bond acceptors (Lipinski definition) is 3. The van der Waals surface area contributed by atoms with E-state index in [0.29, 0.717) is 18.0 Å². The van der Waals surface area contributed by atoms with Gasteiger partial charge in [0.05, 0.1) is 0 Å². The van der Waals surface area contributed by atoms with Gasteiger partial charge >= 0.3 is 6.03 Å². The minimum absolute atomic E-state index is 0.0220. The molecule has 2 amide bonds. The topological polar surface area (TPSA) is 61.4 Å². The molecule has 1 aromatic carbocycles. The number of rotatable bonds is 7. The average Bonchev–Trinajstić information content (AvgIpc) is 2.38. The quantitative estimate of drug-likeness (QED) is 0.724. The highest BCUT2D eigenvalue weighted by Gasteiger charge is 2.11. The van der Waals surface area contributed by atoms with Gasteiger partial charge in [-0.15, -0.1) is 0 Å². The van der Waals surface area contributed by atoms with Crippen LogP contribution in [-0.4, -0.2) is 35.8 Å². The molecule has 1 aromatic rings. The zero-order chi connectivity index (χ0) is 14.1. The molecule has 0 saturated carbocycles. The maximum Gasteiger partial charge on any atom is 0.315 e. The molecular formula is C13H19ClN2O2S. The SMILES string of the molecule is CSC[C@H](CCO)NC(=O)NCc1ccccc1Cl. The maximum atomic E-state index is 11.7. The summed E-state index contributed by atoms with van der Waals surface area (Å²) in [5, 5.41) is 15.2. The van der Waals surface area contributed by atoms with E-state index in [1.165, 1.54) is 0 Å². The molecule has 0 unspecified atom stereocenters. The van der Waals surface area contributed by atoms with E-state index in [1.54, 1.807) is 17.8 Å². The molecule has 0 aliphatic carbocycles. The Hall–Kier alpha value is -0.910. The van der Waals surface area contributed by atoms with Crippen molar-refractivity contribution in [3.63, 3.8) is 0 Å². The van der Waals surface area contributed by atoms with Crippen LogP contribution in [0, 0.1) is 0 Å². The number of benzene rings is 1. The first-order valence-electron chi connectivity index (χ1n) is 6.05. The number of aliphatic hydroxyl groups excluding tert-OH is 1. The van der Waals surface area contributed by atoms with Crippen molar-refractivity contribution in [2.75, 3.05) is 18.6 Å². The molecule has 0 bridgehead atoms. The fourth-order valence-electron chi connectivity index (χ4n) is 1.61. The number of aliphatic hydroxyl groups is 1. The molecule has 19 heavy (non-hydrogen) atoms. The summed E-state index contributed by atoms with van der Waals surface area (Å²) in [7, 11) is 0. The van der Waals surface area contributed by atoms with Crippen LogP contribution in [0.15, 0.2) is 24.3 Å². The van der Waals surface area contributed by atoms with Gasteiger partial charge in [0.15, 0.2) is 0 Å². The second-order valence-corrected chi connectivity index (χ2v) is 5.40. The second kappa shape index (κ2) is 9.07. The van der Waals surface area contributed by atoms with E-state index >= 15 is 0 Å². The Kier molecular flexibility index (Phi) is 7.70. The highest BCUT2D eigenvalue weighted by Crippen LogP contribution is 2.14. The summed E-state index contributed by atoms with van der Waals surface area (Å²) in [6.07, 6.45) is 2.52. The van der Waals surface area contributed by atoms with Crippen LogP contribution in [0.1, 0.15) is 12.0 Å². The molecule has 0 aliphatic heterocycles. The molecule has 6 heteroatoms. The zero-order valence-corrected chi connectivity index (χ0v) is 12.4. The maximum absolute atomic E-state index is 11.7. The second-order valence-electron chi connectivity index (χ2n) is 4.08. The van der Waals surface area contributed by atoms with Crippen molar-refractivity contribution in [3.8, 4) is 0 Å². The minimum Gasteiger partial charge on any atom is -0.396 e. The molecule has 0 spiro atoms. The lowest BCUT2D eigenvalue weighted by atomic mass is 10.2. The van der Waals surface area contributed by atoms with Crippen LogP contribution in [-0.2, 0) is 6.54 Å². The first-order chi connectivity index (χ1) is 9.17. The van der Waals surface area contributed by atoms with Crippen LogP contribution < -0.4 is 10.6 Å². The molecule has 4 nitrogen and oxygen atoms in total. The zero-order valence-electron chi connectivity index (χ0n) is 10.9. The van der Waals surface area contributed by atoms with Crippen molar-refractivity contribution in [3.05, 3.63) is 34.9 Å². The summed E-state index contributed by atoms with van der Waals surface area (Å²) < 4.78 is 0. The van der Waals surface area contributed by atoms with Crippen molar-refractivity contribution >= 4 is 29.4 Å². The highest BCUT2D eigenvalue weighted by atomic mass is 35.5. The molecule has 0 saturated heterocycles. The van der Waals surface area contributed by atoms with E-state index < -0.39 is 0 Å². The Bertz CT molecular complexity index is 398. The van der Waals surface area contributed by atoms with Crippen molar-refractivity contribution in [1.82, 2.24) is 10.6 Å². The fraction of sp³-hybridized carbons (Fsp3) is 0.462. The number of hydrogen-bond donors (Lipinski definition) is 3. The summed E-state index contributed by atoms with van der Waals surface area (Å²) >= 11 is 7.64. The van der Waals surface area contributed by atoms with E-state index in [1.807, 2.05) is 24.5 Å². The van der Waals surface area contributed by atoms with Gasteiger partial charge in [-0.1, -0.05) is 29.8 Å². The number of carbonyl (C=O) groups excluding carboxylic acids is 1. The lowest BCUT2D eigenvalue weighted by Gasteiger charge is -2.17. The van der Waals surface area contributed by atoms with Gasteiger partial charge in [0.25, 0.3) is 0 Å². The van der Waals surface area contributed by atoms with Gasteiger partial charge in [0, 0.05) is 30.0 Å². The van der Waals surface area contributed by atoms with Crippen LogP contribution in [0.3, 0.4) is 0 Å². The third-order valence-corrected chi connectivity index (χ3v) is 3.68. The number of amides is 2. The van der Waals surface area contributed by atoms with Crippen LogP contribution in [0.5, 0.6) is 0 Å². The van der Waals surface area contributed by atoms with Crippen LogP contribution in [0.4, 0.5) is 4.79 Å². The van der Waals surface area contributed by atoms with E-state index in [2.05, 4.69) is 10.6 Å². The summed E-state index contributed by atoms with van der Waals surface area (Å²) in [4.78, 5) is 11.7. The van der Waals surface area contributed by atoms with Gasteiger partial charge < -0.3 is 15.7 Å². The number of nitrogens with one attached hydrogen (secondary N) is 2. The molecule has 1 rings (SSSR count). The Morgan fingerprint density at radius 2 is 2.21 bits per heavy atom. The van der Waals surface area contributed by atoms with Crippen molar-refractivity contribution in [2.45, 2.75) is 19.0 Å². The van der Waals surface area contributed by atoms with Crippen LogP contribution >= 0.6 is 23.4 Å². The van der Waals surface area contributed by atoms with Crippen molar-refractivity contribution in [2.24, 2.45) is 0 Å². The first-order valence-corrected chi connectivity index (χ1v) is 7.82. The van der Waals surface area contributed by atoms with Crippen LogP contribution in [0.2, 0.25) is 5.02 Å². The molecule has 0 radical (unpaired) electrons. The molecular weight excluding hydrogens is 284 g/mol. The third-order valence-electron chi connectivity index (χ3n) is 2.58. The molecule has 0 heterocycles. The molecule has 3 N–H and O–H groups in total. The molecule has 106 valence electrons. The van der Waals surface area contributed by atoms with E-state index in [-0.39, 0.29) is 18.7 Å². The molecule has 0 aromatic heterocycles. The van der Waals surface area contributed by atoms with E-state index in [4.69, 9.17) is 16.7 Å². The summed E-state index contributed by atoms with van der Waals surface area (Å²) in [5.74, 6) is 0.778. The Morgan fingerprint density at radius 3 is 2.84 bits per heavy atom. The van der Waals surface area contributed by atoms with Gasteiger partial charge in [0.1, 0.15) is 0 Å². The molecule has 0 fully saturated rings. The lowest BCUT2D eigenvalue weighted by Crippen LogP contribution is -2.43. The predicted octanol–water partition coefficient (Wildman–Crippen LogP) is 2.25. The number of halogens is 1. The van der Waals surface area contributed by atoms with Gasteiger partial charge in [-0.2, -0.15) is 11.8 Å². The van der Waals surface area contributed by atoms with E-state index in [9.17, 15) is 4.79 Å². The predicted molar refractivity (Wildman–Crippen MR) is 80.7 cm³/mol. The first kappa shape index (κ1) is 16.1. The lowest BCUT2D eigenvalue weighted by molar-refractivity contribution is 0.231. The summed E-state index contributed by atoms with van der Waals surface area (Å²) in [6.45, 7) is 0.451. The number of urea groups is 1. The molecule has 0 aliphatic rings. The van der Waals surface area contributed by atoms with Crippen molar-refractivity contribution < 1.29 is 9.90 Å². The normalized spacial score (nSPS) is 11.9. The van der Waals surface area contributed by atoms with Gasteiger partial charge in [0.2, 0.25) is 0 Å². The highest BCUT2D eigenvalue weighted by molar-refractivity contribution is 7.98. The smallest absolute Gasteiger partial charge is 0.315 e. The summed E-state index contributed by atoms with van der Waals surface area (Å²) in [6, 6.07) is 7.12. The largest absolute Gasteiger partial charge is 0.396 e. The monoisotopic (exact) mass is 302 g/mol.